The summed E-state index contributed by atoms with van der Waals surface area (Å²) in [5.74, 6) is 0. The van der Waals surface area contributed by atoms with Gasteiger partial charge in [-0.2, -0.15) is 0 Å². The molecule has 2 rings (SSSR count). The second-order valence-corrected chi connectivity index (χ2v) is 6.64. The van der Waals surface area contributed by atoms with Crippen molar-refractivity contribution in [2.24, 2.45) is 0 Å². The lowest BCUT2D eigenvalue weighted by molar-refractivity contribution is 0.159. The zero-order valence-electron chi connectivity index (χ0n) is 15.7. The Morgan fingerprint density at radius 2 is 1.46 bits per heavy atom. The molecule has 2 aromatic rings. The van der Waals surface area contributed by atoms with E-state index in [-0.39, 0.29) is 6.09 Å². The van der Waals surface area contributed by atoms with Crippen molar-refractivity contribution in [2.45, 2.75) is 51.9 Å². The van der Waals surface area contributed by atoms with Gasteiger partial charge in [0.25, 0.3) is 0 Å². The maximum Gasteiger partial charge on any atom is 0.411 e. The normalized spacial score (nSPS) is 10.5. The van der Waals surface area contributed by atoms with E-state index in [1.807, 2.05) is 48.5 Å². The number of unbranched alkanes of at least 4 members (excludes halogenated alkanes) is 5. The molecule has 0 fully saturated rings. The van der Waals surface area contributed by atoms with E-state index in [9.17, 15) is 4.79 Å². The fraction of sp³-hybridized carbons (Fsp3) is 0.409. The zero-order valence-corrected chi connectivity index (χ0v) is 15.7. The van der Waals surface area contributed by atoms with Gasteiger partial charge in [0.15, 0.2) is 0 Å². The molecule has 1 amide bonds. The summed E-state index contributed by atoms with van der Waals surface area (Å²) < 4.78 is 5.23. The van der Waals surface area contributed by atoms with Gasteiger partial charge in [-0.3, -0.25) is 5.32 Å². The molecule has 26 heavy (non-hydrogen) atoms. The Morgan fingerprint density at radius 3 is 2.12 bits per heavy atom. The number of nitrogen functional groups attached to an aromatic ring is 1. The average Bonchev–Trinajstić information content (AvgIpc) is 2.64. The molecule has 4 heteroatoms. The highest BCUT2D eigenvalue weighted by atomic mass is 16.5. The van der Waals surface area contributed by atoms with Gasteiger partial charge < -0.3 is 10.5 Å². The molecule has 0 spiro atoms. The zero-order chi connectivity index (χ0) is 18.6. The van der Waals surface area contributed by atoms with Crippen LogP contribution >= 0.6 is 0 Å². The van der Waals surface area contributed by atoms with Crippen molar-refractivity contribution >= 4 is 17.5 Å². The number of hydrogen-bond donors (Lipinski definition) is 2. The molecule has 0 heterocycles. The van der Waals surface area contributed by atoms with Crippen LogP contribution in [0.3, 0.4) is 0 Å². The van der Waals surface area contributed by atoms with Gasteiger partial charge in [-0.25, -0.2) is 4.79 Å². The van der Waals surface area contributed by atoms with Gasteiger partial charge in [-0.05, 0) is 48.2 Å². The van der Waals surface area contributed by atoms with Crippen LogP contribution < -0.4 is 11.1 Å². The minimum Gasteiger partial charge on any atom is -0.449 e. The number of ether oxygens (including phenoxy) is 1. The predicted octanol–water partition coefficient (Wildman–Crippen LogP) is 5.77. The second kappa shape index (κ2) is 11.2. The highest BCUT2D eigenvalue weighted by molar-refractivity contribution is 5.84. The SMILES string of the molecule is CCCCCCCCOC(=O)Nc1ccc(Cc2ccc(N)cc2)cc1. The van der Waals surface area contributed by atoms with Crippen molar-refractivity contribution in [1.82, 2.24) is 0 Å². The minimum absolute atomic E-state index is 0.384. The molecule has 0 saturated carbocycles. The van der Waals surface area contributed by atoms with E-state index in [1.54, 1.807) is 0 Å². The first-order valence-electron chi connectivity index (χ1n) is 9.54. The van der Waals surface area contributed by atoms with E-state index in [1.165, 1.54) is 36.8 Å². The molecule has 3 N–H and O–H groups in total. The van der Waals surface area contributed by atoms with Gasteiger partial charge in [0.2, 0.25) is 0 Å². The number of nitrogens with one attached hydrogen (secondary N) is 1. The van der Waals surface area contributed by atoms with E-state index in [4.69, 9.17) is 10.5 Å². The average molecular weight is 354 g/mol. The van der Waals surface area contributed by atoms with Crippen molar-refractivity contribution in [3.05, 3.63) is 59.7 Å². The third kappa shape index (κ3) is 7.60. The Kier molecular flexibility index (Phi) is 8.53. The lowest BCUT2D eigenvalue weighted by Crippen LogP contribution is -2.14. The third-order valence-corrected chi connectivity index (χ3v) is 4.32. The fourth-order valence-corrected chi connectivity index (χ4v) is 2.78. The fourth-order valence-electron chi connectivity index (χ4n) is 2.78. The number of hydrogen-bond acceptors (Lipinski definition) is 3. The number of carbonyl (C=O) groups is 1. The van der Waals surface area contributed by atoms with Crippen LogP contribution in [0.1, 0.15) is 56.6 Å². The first kappa shape index (κ1) is 19.8. The monoisotopic (exact) mass is 354 g/mol. The van der Waals surface area contributed by atoms with E-state index < -0.39 is 0 Å². The summed E-state index contributed by atoms with van der Waals surface area (Å²) in [6, 6.07) is 15.7. The van der Waals surface area contributed by atoms with Crippen LogP contribution in [0, 0.1) is 0 Å². The number of rotatable bonds is 10. The van der Waals surface area contributed by atoms with Crippen LogP contribution in [-0.2, 0) is 11.2 Å². The third-order valence-electron chi connectivity index (χ3n) is 4.32. The van der Waals surface area contributed by atoms with Crippen molar-refractivity contribution in [2.75, 3.05) is 17.7 Å². The number of benzene rings is 2. The summed E-state index contributed by atoms with van der Waals surface area (Å²) in [6.45, 7) is 2.69. The number of amides is 1. The molecule has 0 bridgehead atoms. The molecular formula is C22H30N2O2. The van der Waals surface area contributed by atoms with Gasteiger partial charge in [0.05, 0.1) is 6.61 Å². The first-order valence-corrected chi connectivity index (χ1v) is 9.54. The molecule has 0 aromatic heterocycles. The largest absolute Gasteiger partial charge is 0.449 e. The van der Waals surface area contributed by atoms with Gasteiger partial charge in [0.1, 0.15) is 0 Å². The Balaban J connectivity index is 1.67. The summed E-state index contributed by atoms with van der Waals surface area (Å²) >= 11 is 0. The molecule has 0 aliphatic rings. The van der Waals surface area contributed by atoms with E-state index in [0.29, 0.717) is 6.61 Å². The summed E-state index contributed by atoms with van der Waals surface area (Å²) in [5.41, 5.74) is 9.61. The van der Waals surface area contributed by atoms with Crippen molar-refractivity contribution in [3.63, 3.8) is 0 Å². The van der Waals surface area contributed by atoms with Crippen LogP contribution in [0.25, 0.3) is 0 Å². The Labute approximate surface area is 156 Å². The van der Waals surface area contributed by atoms with Crippen LogP contribution in [0.2, 0.25) is 0 Å². The number of anilines is 2. The molecule has 4 nitrogen and oxygen atoms in total. The quantitative estimate of drug-likeness (QED) is 0.420. The van der Waals surface area contributed by atoms with Crippen LogP contribution in [0.4, 0.5) is 16.2 Å². The van der Waals surface area contributed by atoms with Gasteiger partial charge in [-0.15, -0.1) is 0 Å². The molecule has 0 atom stereocenters. The highest BCUT2D eigenvalue weighted by Crippen LogP contribution is 2.15. The van der Waals surface area contributed by atoms with Crippen LogP contribution in [0.15, 0.2) is 48.5 Å². The summed E-state index contributed by atoms with van der Waals surface area (Å²) in [7, 11) is 0. The van der Waals surface area contributed by atoms with Crippen molar-refractivity contribution < 1.29 is 9.53 Å². The minimum atomic E-state index is -0.384. The van der Waals surface area contributed by atoms with Crippen LogP contribution in [-0.4, -0.2) is 12.7 Å². The number of nitrogens with two attached hydrogens (primary N) is 1. The molecule has 0 unspecified atom stereocenters. The van der Waals surface area contributed by atoms with Crippen LogP contribution in [0.5, 0.6) is 0 Å². The lowest BCUT2D eigenvalue weighted by Gasteiger charge is -2.08. The Hall–Kier alpha value is -2.49. The molecule has 0 aliphatic carbocycles. The smallest absolute Gasteiger partial charge is 0.411 e. The molecule has 0 aliphatic heterocycles. The summed E-state index contributed by atoms with van der Waals surface area (Å²) in [6.07, 6.45) is 7.52. The molecular weight excluding hydrogens is 324 g/mol. The van der Waals surface area contributed by atoms with E-state index >= 15 is 0 Å². The second-order valence-electron chi connectivity index (χ2n) is 6.64. The van der Waals surface area contributed by atoms with E-state index in [2.05, 4.69) is 12.2 Å². The van der Waals surface area contributed by atoms with Gasteiger partial charge in [-0.1, -0.05) is 63.3 Å². The lowest BCUT2D eigenvalue weighted by atomic mass is 10.0. The topological polar surface area (TPSA) is 64.3 Å². The summed E-state index contributed by atoms with van der Waals surface area (Å²) in [5, 5.41) is 2.77. The first-order chi connectivity index (χ1) is 12.7. The maximum absolute atomic E-state index is 11.8. The van der Waals surface area contributed by atoms with Crippen molar-refractivity contribution in [1.29, 1.82) is 0 Å². The number of carbonyl (C=O) groups excluding carboxylic acids is 1. The maximum atomic E-state index is 11.8. The summed E-state index contributed by atoms with van der Waals surface area (Å²) in [4.78, 5) is 11.8. The van der Waals surface area contributed by atoms with E-state index in [0.717, 1.165) is 30.6 Å². The predicted molar refractivity (Wildman–Crippen MR) is 108 cm³/mol. The molecule has 140 valence electrons. The Bertz CT molecular complexity index is 651. The Morgan fingerprint density at radius 1 is 0.885 bits per heavy atom. The van der Waals surface area contributed by atoms with Crippen molar-refractivity contribution in [3.8, 4) is 0 Å². The standard InChI is InChI=1S/C22H30N2O2/c1-2-3-4-5-6-7-16-26-22(25)24-21-14-10-19(11-15-21)17-18-8-12-20(23)13-9-18/h8-15H,2-7,16-17,23H2,1H3,(H,24,25). The molecule has 0 radical (unpaired) electrons. The molecule has 2 aromatic carbocycles. The van der Waals surface area contributed by atoms with Gasteiger partial charge >= 0.3 is 6.09 Å². The van der Waals surface area contributed by atoms with Gasteiger partial charge in [0, 0.05) is 11.4 Å². The molecule has 0 saturated heterocycles. The highest BCUT2D eigenvalue weighted by Gasteiger charge is 2.03.